The van der Waals surface area contributed by atoms with Gasteiger partial charge in [-0.05, 0) is 0 Å². The van der Waals surface area contributed by atoms with E-state index in [0.717, 1.165) is 0 Å². The van der Waals surface area contributed by atoms with Gasteiger partial charge in [0.15, 0.2) is 0 Å². The van der Waals surface area contributed by atoms with Crippen molar-refractivity contribution in [1.82, 2.24) is 0 Å². The van der Waals surface area contributed by atoms with Gasteiger partial charge in [0, 0.05) is 0 Å². The van der Waals surface area contributed by atoms with E-state index in [4.69, 9.17) is 0 Å². The summed E-state index contributed by atoms with van der Waals surface area (Å²) in [5, 5.41) is 0. The van der Waals surface area contributed by atoms with Gasteiger partial charge < -0.3 is 0 Å². The fourth-order valence-electron chi connectivity index (χ4n) is 1.03. The molecule has 0 fully saturated rings. The number of hydrogen-bond donors (Lipinski definition) is 0. The van der Waals surface area contributed by atoms with Crippen molar-refractivity contribution >= 4 is 39.8 Å². The molecular weight excluding hydrogens is 398 g/mol. The summed E-state index contributed by atoms with van der Waals surface area (Å²) in [5.74, 6) is 25.2. The van der Waals surface area contributed by atoms with Crippen LogP contribution in [0.2, 0.25) is 51.8 Å². The van der Waals surface area contributed by atoms with E-state index in [1.807, 2.05) is 0 Å². The minimum absolute atomic E-state index is 1.38. The Hall–Kier alpha value is 0.709. The SMILES string of the molecule is C[C](=C=[C](C#[C][Ge]([CH3])([CH3])[CH3])[Ge]([CH3])([CH3])[CH3])[Ge]([CH3])([CH3])[CH3]. The molecule has 0 bridgehead atoms. The normalized spacial score (nSPS) is 12.3. The first-order valence-electron chi connectivity index (χ1n) is 6.75. The van der Waals surface area contributed by atoms with Gasteiger partial charge in [-0.2, -0.15) is 0 Å². The van der Waals surface area contributed by atoms with E-state index >= 15 is 0 Å². The maximum atomic E-state index is 3.73. The molecule has 0 unspecified atom stereocenters. The summed E-state index contributed by atoms with van der Waals surface area (Å²) < 4.78 is 6.48. The van der Waals surface area contributed by atoms with Gasteiger partial charge in [0.25, 0.3) is 0 Å². The van der Waals surface area contributed by atoms with Crippen LogP contribution in [0.25, 0.3) is 0 Å². The molecule has 3 heteroatoms. The summed E-state index contributed by atoms with van der Waals surface area (Å²) in [7, 11) is 0. The topological polar surface area (TPSA) is 0 Å². The molecule has 0 spiro atoms. The fraction of sp³-hybridized carbons (Fsp3) is 0.667. The van der Waals surface area contributed by atoms with Gasteiger partial charge in [0.2, 0.25) is 0 Å². The van der Waals surface area contributed by atoms with Gasteiger partial charge in [-0.3, -0.25) is 0 Å². The number of hydrogen-bond acceptors (Lipinski definition) is 0. The summed E-state index contributed by atoms with van der Waals surface area (Å²) in [5.41, 5.74) is 3.73. The molecule has 0 nitrogen and oxygen atoms in total. The second-order valence-corrected chi connectivity index (χ2v) is 39.6. The average molecular weight is 428 g/mol. The van der Waals surface area contributed by atoms with E-state index in [0.29, 0.717) is 0 Å². The molecule has 0 aliphatic rings. The van der Waals surface area contributed by atoms with Crippen LogP contribution in [-0.4, -0.2) is 39.8 Å². The monoisotopic (exact) mass is 432 g/mol. The van der Waals surface area contributed by atoms with Crippen molar-refractivity contribution in [2.24, 2.45) is 0 Å². The molecule has 0 aliphatic carbocycles. The third-order valence-corrected chi connectivity index (χ3v) is 13.2. The Morgan fingerprint density at radius 3 is 1.44 bits per heavy atom. The number of allylic oxidation sites excluding steroid dienone is 1. The van der Waals surface area contributed by atoms with Gasteiger partial charge in [0.05, 0.1) is 0 Å². The second-order valence-electron chi connectivity index (χ2n) is 8.12. The fourth-order valence-corrected chi connectivity index (χ4v) is 6.33. The minimum atomic E-state index is -1.87. The molecule has 0 aromatic heterocycles. The van der Waals surface area contributed by atoms with Crippen LogP contribution in [-0.2, 0) is 0 Å². The van der Waals surface area contributed by atoms with Crippen molar-refractivity contribution in [2.45, 2.75) is 58.7 Å². The zero-order valence-electron chi connectivity index (χ0n) is 14.0. The van der Waals surface area contributed by atoms with Crippen LogP contribution < -0.4 is 0 Å². The molecule has 0 radical (unpaired) electrons. The van der Waals surface area contributed by atoms with Crippen molar-refractivity contribution < 1.29 is 0 Å². The zero-order valence-corrected chi connectivity index (χ0v) is 20.3. The van der Waals surface area contributed by atoms with Crippen molar-refractivity contribution in [3.05, 3.63) is 14.5 Å². The predicted molar refractivity (Wildman–Crippen MR) is 94.0 cm³/mol. The van der Waals surface area contributed by atoms with Crippen molar-refractivity contribution in [1.29, 1.82) is 0 Å². The van der Waals surface area contributed by atoms with Crippen LogP contribution in [0.5, 0.6) is 0 Å². The van der Waals surface area contributed by atoms with E-state index in [1.54, 1.807) is 0 Å². The van der Waals surface area contributed by atoms with Gasteiger partial charge in [-0.15, -0.1) is 0 Å². The molecule has 0 saturated carbocycles. The van der Waals surface area contributed by atoms with E-state index in [1.165, 1.54) is 8.81 Å². The van der Waals surface area contributed by atoms with E-state index < -0.39 is 39.8 Å². The van der Waals surface area contributed by atoms with Crippen LogP contribution in [0.4, 0.5) is 0 Å². The molecule has 0 aliphatic heterocycles. The Balaban J connectivity index is 5.83. The van der Waals surface area contributed by atoms with Gasteiger partial charge in [0.1, 0.15) is 0 Å². The zero-order chi connectivity index (χ0) is 14.8. The summed E-state index contributed by atoms with van der Waals surface area (Å²) in [6.07, 6.45) is 0. The number of rotatable bonds is 2. The molecule has 0 rings (SSSR count). The molecule has 0 N–H and O–H groups in total. The Morgan fingerprint density at radius 2 is 1.17 bits per heavy atom. The quantitative estimate of drug-likeness (QED) is 0.327. The molecule has 0 saturated heterocycles. The van der Waals surface area contributed by atoms with Crippen molar-refractivity contribution in [3.8, 4) is 10.7 Å². The van der Waals surface area contributed by atoms with Crippen LogP contribution in [0.15, 0.2) is 14.5 Å². The van der Waals surface area contributed by atoms with E-state index in [2.05, 4.69) is 75.1 Å². The van der Waals surface area contributed by atoms with E-state index in [9.17, 15) is 0 Å². The molecule has 0 amide bonds. The Kier molecular flexibility index (Phi) is 6.69. The van der Waals surface area contributed by atoms with Crippen LogP contribution in [0.1, 0.15) is 6.92 Å². The van der Waals surface area contributed by atoms with Gasteiger partial charge in [-0.1, -0.05) is 0 Å². The average Bonchev–Trinajstić information content (AvgIpc) is 2.06. The molecule has 0 aromatic rings. The van der Waals surface area contributed by atoms with Crippen molar-refractivity contribution in [3.63, 3.8) is 0 Å². The third-order valence-electron chi connectivity index (χ3n) is 2.75. The molecule has 0 heterocycles. The van der Waals surface area contributed by atoms with Crippen LogP contribution >= 0.6 is 0 Å². The van der Waals surface area contributed by atoms with Crippen LogP contribution in [0.3, 0.4) is 0 Å². The van der Waals surface area contributed by atoms with E-state index in [-0.39, 0.29) is 0 Å². The third kappa shape index (κ3) is 8.00. The first-order chi connectivity index (χ1) is 7.73. The molecule has 18 heavy (non-hydrogen) atoms. The first-order valence-corrected chi connectivity index (χ1v) is 28.8. The molecule has 102 valence electrons. The van der Waals surface area contributed by atoms with Gasteiger partial charge in [-0.25, -0.2) is 0 Å². The predicted octanol–water partition coefficient (Wildman–Crippen LogP) is 5.09. The van der Waals surface area contributed by atoms with Crippen LogP contribution in [0, 0.1) is 10.7 Å². The summed E-state index contributed by atoms with van der Waals surface area (Å²) >= 11 is -5.34. The van der Waals surface area contributed by atoms with Crippen molar-refractivity contribution in [2.75, 3.05) is 0 Å². The summed E-state index contributed by atoms with van der Waals surface area (Å²) in [4.78, 5) is 0. The Morgan fingerprint density at radius 1 is 0.722 bits per heavy atom. The first kappa shape index (κ1) is 18.7. The second kappa shape index (κ2) is 6.44. The Labute approximate surface area is 123 Å². The Bertz CT molecular complexity index is 420. The maximum absolute atomic E-state index is 3.73. The molecule has 0 aromatic carbocycles. The standard InChI is InChI=1S/C15H30Ge3/c1-14(17(5,6)7)13-15(18(8,9)10)11-12-16(2,3)4/h1-10H3. The van der Waals surface area contributed by atoms with Gasteiger partial charge >= 0.3 is 124 Å². The summed E-state index contributed by atoms with van der Waals surface area (Å²) in [6.45, 7) is 2.27. The molecular formula is C15H30Ge3. The molecule has 0 atom stereocenters. The summed E-state index contributed by atoms with van der Waals surface area (Å²) in [6, 6.07) is 0.